The molecule has 0 aliphatic heterocycles. The van der Waals surface area contributed by atoms with Crippen molar-refractivity contribution in [3.8, 4) is 0 Å². The molecule has 6 nitrogen and oxygen atoms in total. The van der Waals surface area contributed by atoms with Crippen LogP contribution in [0.5, 0.6) is 0 Å². The predicted octanol–water partition coefficient (Wildman–Crippen LogP) is 2.02. The Bertz CT molecular complexity index is 616. The SMILES string of the molecule is CC(C)c1nn(C)cc1Nc1nc[nH]c(=O)c1Cl. The van der Waals surface area contributed by atoms with Crippen molar-refractivity contribution < 1.29 is 0 Å². The van der Waals surface area contributed by atoms with E-state index in [1.165, 1.54) is 6.33 Å². The first-order chi connectivity index (χ1) is 8.49. The highest BCUT2D eigenvalue weighted by Crippen LogP contribution is 2.26. The molecule has 96 valence electrons. The Morgan fingerprint density at radius 2 is 2.22 bits per heavy atom. The van der Waals surface area contributed by atoms with Crippen LogP contribution in [0, 0.1) is 0 Å². The number of halogens is 1. The van der Waals surface area contributed by atoms with E-state index in [-0.39, 0.29) is 16.5 Å². The molecule has 18 heavy (non-hydrogen) atoms. The lowest BCUT2D eigenvalue weighted by Gasteiger charge is -2.08. The van der Waals surface area contributed by atoms with Crippen LogP contribution < -0.4 is 10.9 Å². The summed E-state index contributed by atoms with van der Waals surface area (Å²) in [5.41, 5.74) is 1.33. The zero-order valence-corrected chi connectivity index (χ0v) is 11.1. The van der Waals surface area contributed by atoms with Crippen LogP contribution in [-0.2, 0) is 7.05 Å². The number of H-pyrrole nitrogens is 1. The Labute approximate surface area is 109 Å². The fraction of sp³-hybridized carbons (Fsp3) is 0.364. The van der Waals surface area contributed by atoms with Crippen LogP contribution in [0.15, 0.2) is 17.3 Å². The number of rotatable bonds is 3. The monoisotopic (exact) mass is 267 g/mol. The van der Waals surface area contributed by atoms with Crippen molar-refractivity contribution in [2.24, 2.45) is 7.05 Å². The lowest BCUT2D eigenvalue weighted by atomic mass is 10.1. The van der Waals surface area contributed by atoms with E-state index in [0.29, 0.717) is 5.82 Å². The van der Waals surface area contributed by atoms with Crippen LogP contribution in [0.1, 0.15) is 25.5 Å². The Morgan fingerprint density at radius 3 is 2.89 bits per heavy atom. The average Bonchev–Trinajstić information content (AvgIpc) is 2.66. The fourth-order valence-corrected chi connectivity index (χ4v) is 1.78. The van der Waals surface area contributed by atoms with Gasteiger partial charge in [-0.2, -0.15) is 5.10 Å². The molecule has 2 aromatic heterocycles. The minimum Gasteiger partial charge on any atom is -0.336 e. The molecular formula is C11H14ClN5O. The Morgan fingerprint density at radius 1 is 1.50 bits per heavy atom. The van der Waals surface area contributed by atoms with E-state index in [1.54, 1.807) is 4.68 Å². The number of nitrogens with one attached hydrogen (secondary N) is 2. The van der Waals surface area contributed by atoms with Gasteiger partial charge in [0.25, 0.3) is 5.56 Å². The summed E-state index contributed by atoms with van der Waals surface area (Å²) in [6.07, 6.45) is 3.14. The lowest BCUT2D eigenvalue weighted by molar-refractivity contribution is 0.713. The first kappa shape index (κ1) is 12.6. The summed E-state index contributed by atoms with van der Waals surface area (Å²) in [7, 11) is 1.84. The van der Waals surface area contributed by atoms with Gasteiger partial charge in [0.2, 0.25) is 0 Å². The second-order valence-corrected chi connectivity index (χ2v) is 4.65. The zero-order chi connectivity index (χ0) is 13.3. The molecule has 0 aliphatic rings. The maximum Gasteiger partial charge on any atom is 0.271 e. The number of nitrogens with zero attached hydrogens (tertiary/aromatic N) is 3. The van der Waals surface area contributed by atoms with Crippen molar-refractivity contribution in [3.05, 3.63) is 33.6 Å². The summed E-state index contributed by atoms with van der Waals surface area (Å²) < 4.78 is 1.71. The van der Waals surface area contributed by atoms with Crippen molar-refractivity contribution in [3.63, 3.8) is 0 Å². The van der Waals surface area contributed by atoms with Crippen molar-refractivity contribution in [2.75, 3.05) is 5.32 Å². The quantitative estimate of drug-likeness (QED) is 0.892. The third-order valence-corrected chi connectivity index (χ3v) is 2.80. The van der Waals surface area contributed by atoms with Gasteiger partial charge < -0.3 is 10.3 Å². The molecule has 7 heteroatoms. The van der Waals surface area contributed by atoms with Crippen LogP contribution in [0.25, 0.3) is 0 Å². The van der Waals surface area contributed by atoms with E-state index < -0.39 is 0 Å². The van der Waals surface area contributed by atoms with Gasteiger partial charge in [-0.3, -0.25) is 9.48 Å². The minimum atomic E-state index is -0.371. The van der Waals surface area contributed by atoms with Crippen LogP contribution >= 0.6 is 11.6 Å². The standard InChI is InChI=1S/C11H14ClN5O/c1-6(2)9-7(4-17(3)16-9)15-10-8(12)11(18)14-5-13-10/h4-6H,1-3H3,(H2,13,14,15,18). The van der Waals surface area contributed by atoms with Gasteiger partial charge in [-0.1, -0.05) is 25.4 Å². The normalized spacial score (nSPS) is 10.9. The summed E-state index contributed by atoms with van der Waals surface area (Å²) in [4.78, 5) is 17.8. The first-order valence-corrected chi connectivity index (χ1v) is 5.90. The molecule has 2 rings (SSSR count). The van der Waals surface area contributed by atoms with E-state index in [4.69, 9.17) is 11.6 Å². The van der Waals surface area contributed by atoms with Crippen molar-refractivity contribution in [1.82, 2.24) is 19.7 Å². The molecule has 0 unspecified atom stereocenters. The molecule has 0 radical (unpaired) electrons. The van der Waals surface area contributed by atoms with Crippen LogP contribution in [0.4, 0.5) is 11.5 Å². The van der Waals surface area contributed by atoms with E-state index in [2.05, 4.69) is 20.4 Å². The number of anilines is 2. The summed E-state index contributed by atoms with van der Waals surface area (Å²) in [6.45, 7) is 4.08. The third-order valence-electron chi connectivity index (χ3n) is 2.45. The lowest BCUT2D eigenvalue weighted by Crippen LogP contribution is -2.10. The summed E-state index contributed by atoms with van der Waals surface area (Å²) in [6, 6.07) is 0. The van der Waals surface area contributed by atoms with Gasteiger partial charge in [-0.25, -0.2) is 4.98 Å². The molecule has 0 aliphatic carbocycles. The van der Waals surface area contributed by atoms with Gasteiger partial charge >= 0.3 is 0 Å². The van der Waals surface area contributed by atoms with Gasteiger partial charge in [0.15, 0.2) is 5.82 Å². The highest BCUT2D eigenvalue weighted by atomic mass is 35.5. The highest BCUT2D eigenvalue weighted by Gasteiger charge is 2.14. The van der Waals surface area contributed by atoms with Crippen molar-refractivity contribution in [2.45, 2.75) is 19.8 Å². The molecule has 2 aromatic rings. The smallest absolute Gasteiger partial charge is 0.271 e. The van der Waals surface area contributed by atoms with Gasteiger partial charge in [-0.15, -0.1) is 0 Å². The molecule has 0 fully saturated rings. The number of aromatic amines is 1. The predicted molar refractivity (Wildman–Crippen MR) is 70.4 cm³/mol. The van der Waals surface area contributed by atoms with Crippen LogP contribution in [0.2, 0.25) is 5.02 Å². The Kier molecular flexibility index (Phi) is 3.38. The molecule has 0 saturated carbocycles. The molecule has 2 heterocycles. The number of aryl methyl sites for hydroxylation is 1. The van der Waals surface area contributed by atoms with Gasteiger partial charge in [0, 0.05) is 13.2 Å². The third kappa shape index (κ3) is 2.38. The zero-order valence-electron chi connectivity index (χ0n) is 10.4. The van der Waals surface area contributed by atoms with E-state index in [1.807, 2.05) is 27.1 Å². The topological polar surface area (TPSA) is 75.6 Å². The molecule has 0 aromatic carbocycles. The molecular weight excluding hydrogens is 254 g/mol. The molecule has 0 atom stereocenters. The minimum absolute atomic E-state index is 0.0380. The molecule has 0 bridgehead atoms. The largest absolute Gasteiger partial charge is 0.336 e. The van der Waals surface area contributed by atoms with Gasteiger partial charge in [0.05, 0.1) is 17.7 Å². The second kappa shape index (κ2) is 4.81. The maximum atomic E-state index is 11.4. The van der Waals surface area contributed by atoms with E-state index in [9.17, 15) is 4.79 Å². The first-order valence-electron chi connectivity index (χ1n) is 5.52. The Hall–Kier alpha value is -1.82. The highest BCUT2D eigenvalue weighted by molar-refractivity contribution is 6.32. The van der Waals surface area contributed by atoms with Crippen molar-refractivity contribution in [1.29, 1.82) is 0 Å². The number of aromatic nitrogens is 4. The van der Waals surface area contributed by atoms with E-state index in [0.717, 1.165) is 11.4 Å². The summed E-state index contributed by atoms with van der Waals surface area (Å²) >= 11 is 5.89. The van der Waals surface area contributed by atoms with Gasteiger partial charge in [-0.05, 0) is 5.92 Å². The summed E-state index contributed by atoms with van der Waals surface area (Å²) in [5, 5.41) is 7.43. The number of hydrogen-bond donors (Lipinski definition) is 2. The molecule has 2 N–H and O–H groups in total. The molecule has 0 saturated heterocycles. The average molecular weight is 268 g/mol. The number of hydrogen-bond acceptors (Lipinski definition) is 4. The van der Waals surface area contributed by atoms with Crippen LogP contribution in [0.3, 0.4) is 0 Å². The van der Waals surface area contributed by atoms with E-state index >= 15 is 0 Å². The maximum absolute atomic E-state index is 11.4. The molecule has 0 spiro atoms. The van der Waals surface area contributed by atoms with Gasteiger partial charge in [0.1, 0.15) is 5.02 Å². The van der Waals surface area contributed by atoms with Crippen LogP contribution in [-0.4, -0.2) is 19.7 Å². The Balaban J connectivity index is 2.40. The summed E-state index contributed by atoms with van der Waals surface area (Å²) in [5.74, 6) is 0.588. The van der Waals surface area contributed by atoms with Crippen molar-refractivity contribution >= 4 is 23.1 Å². The molecule has 0 amide bonds. The fourth-order valence-electron chi connectivity index (χ4n) is 1.63. The second-order valence-electron chi connectivity index (χ2n) is 4.28.